The van der Waals surface area contributed by atoms with E-state index >= 15 is 0 Å². The Morgan fingerprint density at radius 2 is 2.33 bits per heavy atom. The minimum Gasteiger partial charge on any atom is -0.391 e. The Bertz CT molecular complexity index is 478. The number of sulfonamides is 1. The average Bonchev–Trinajstić information content (AvgIpc) is 2.87. The Morgan fingerprint density at radius 1 is 1.50 bits per heavy atom. The highest BCUT2D eigenvalue weighted by molar-refractivity contribution is 7.89. The highest BCUT2D eigenvalue weighted by Gasteiger charge is 2.20. The van der Waals surface area contributed by atoms with E-state index in [9.17, 15) is 8.42 Å². The molecule has 1 fully saturated rings. The van der Waals surface area contributed by atoms with Crippen molar-refractivity contribution in [1.29, 1.82) is 0 Å². The average molecular weight is 293 g/mol. The Labute approximate surface area is 110 Å². The predicted octanol–water partition coefficient (Wildman–Crippen LogP) is -0.0659. The molecule has 1 saturated heterocycles. The lowest BCUT2D eigenvalue weighted by Gasteiger charge is -2.22. The van der Waals surface area contributed by atoms with Crippen LogP contribution >= 0.6 is 11.3 Å². The fraction of sp³-hybridized carbons (Fsp3) is 0.600. The largest absolute Gasteiger partial charge is 0.391 e. The van der Waals surface area contributed by atoms with E-state index in [4.69, 9.17) is 14.6 Å². The van der Waals surface area contributed by atoms with Crippen LogP contribution < -0.4 is 4.72 Å². The first kappa shape index (κ1) is 13.9. The molecular formula is C10H15NO5S2. The van der Waals surface area contributed by atoms with E-state index < -0.39 is 10.0 Å². The lowest BCUT2D eigenvalue weighted by atomic mass is 10.3. The van der Waals surface area contributed by atoms with Crippen molar-refractivity contribution >= 4 is 21.4 Å². The number of thiophene rings is 1. The maximum absolute atomic E-state index is 11.9. The minimum absolute atomic E-state index is 0.153. The van der Waals surface area contributed by atoms with Crippen LogP contribution in [0, 0.1) is 0 Å². The van der Waals surface area contributed by atoms with E-state index in [1.807, 2.05) is 0 Å². The van der Waals surface area contributed by atoms with Gasteiger partial charge in [-0.15, -0.1) is 11.3 Å². The van der Waals surface area contributed by atoms with Crippen LogP contribution in [0.3, 0.4) is 0 Å². The van der Waals surface area contributed by atoms with Crippen LogP contribution in [0.2, 0.25) is 0 Å². The second kappa shape index (κ2) is 6.09. The Kier molecular flexibility index (Phi) is 4.71. The second-order valence-corrected chi connectivity index (χ2v) is 6.59. The number of aliphatic hydroxyl groups excluding tert-OH is 1. The first-order valence-corrected chi connectivity index (χ1v) is 7.85. The summed E-state index contributed by atoms with van der Waals surface area (Å²) < 4.78 is 36.8. The molecule has 102 valence electrons. The van der Waals surface area contributed by atoms with Crippen molar-refractivity contribution < 1.29 is 23.0 Å². The Morgan fingerprint density at radius 3 is 2.94 bits per heavy atom. The standard InChI is InChI=1S/C10H15NO5S2/c12-5-9-3-10(7-17-9)18(13,14)11-4-8-6-15-1-2-16-8/h3,7-8,11-12H,1-2,4-6H2. The molecule has 0 spiro atoms. The third-order valence-corrected chi connectivity index (χ3v) is 4.96. The van der Waals surface area contributed by atoms with Gasteiger partial charge in [0.05, 0.1) is 37.4 Å². The summed E-state index contributed by atoms with van der Waals surface area (Å²) in [7, 11) is -3.54. The van der Waals surface area contributed by atoms with E-state index in [1.54, 1.807) is 0 Å². The van der Waals surface area contributed by atoms with Crippen molar-refractivity contribution in [3.63, 3.8) is 0 Å². The van der Waals surface area contributed by atoms with Crippen molar-refractivity contribution in [1.82, 2.24) is 4.72 Å². The van der Waals surface area contributed by atoms with Gasteiger partial charge in [-0.1, -0.05) is 0 Å². The van der Waals surface area contributed by atoms with E-state index in [-0.39, 0.29) is 24.2 Å². The van der Waals surface area contributed by atoms with Gasteiger partial charge in [0.2, 0.25) is 10.0 Å². The van der Waals surface area contributed by atoms with Crippen molar-refractivity contribution in [2.24, 2.45) is 0 Å². The van der Waals surface area contributed by atoms with Gasteiger partial charge in [-0.05, 0) is 6.07 Å². The normalized spacial score (nSPS) is 21.1. The summed E-state index contributed by atoms with van der Waals surface area (Å²) in [6.45, 7) is 1.47. The van der Waals surface area contributed by atoms with Crippen molar-refractivity contribution in [2.75, 3.05) is 26.4 Å². The van der Waals surface area contributed by atoms with Gasteiger partial charge in [-0.3, -0.25) is 0 Å². The molecule has 1 unspecified atom stereocenters. The van der Waals surface area contributed by atoms with Gasteiger partial charge in [-0.2, -0.15) is 0 Å². The molecule has 0 amide bonds. The van der Waals surface area contributed by atoms with Crippen LogP contribution in [0.4, 0.5) is 0 Å². The summed E-state index contributed by atoms with van der Waals surface area (Å²) in [5.41, 5.74) is 0. The molecule has 1 atom stereocenters. The smallest absolute Gasteiger partial charge is 0.241 e. The summed E-state index contributed by atoms with van der Waals surface area (Å²) in [4.78, 5) is 0.793. The molecule has 0 saturated carbocycles. The van der Waals surface area contributed by atoms with Gasteiger partial charge in [0.25, 0.3) is 0 Å². The van der Waals surface area contributed by atoms with Crippen LogP contribution in [0.15, 0.2) is 16.3 Å². The van der Waals surface area contributed by atoms with Crippen molar-refractivity contribution in [2.45, 2.75) is 17.6 Å². The van der Waals surface area contributed by atoms with Gasteiger partial charge in [-0.25, -0.2) is 13.1 Å². The fourth-order valence-electron chi connectivity index (χ4n) is 1.52. The molecule has 6 nitrogen and oxygen atoms in total. The summed E-state index contributed by atoms with van der Waals surface area (Å²) >= 11 is 1.21. The predicted molar refractivity (Wildman–Crippen MR) is 66.0 cm³/mol. The van der Waals surface area contributed by atoms with Crippen LogP contribution in [0.5, 0.6) is 0 Å². The second-order valence-electron chi connectivity index (χ2n) is 3.83. The van der Waals surface area contributed by atoms with Crippen LogP contribution in [-0.4, -0.2) is 46.0 Å². The van der Waals surface area contributed by atoms with Gasteiger partial charge in [0.15, 0.2) is 0 Å². The summed E-state index contributed by atoms with van der Waals surface area (Å²) in [5.74, 6) is 0. The lowest BCUT2D eigenvalue weighted by Crippen LogP contribution is -2.39. The number of ether oxygens (including phenoxy) is 2. The molecule has 1 aliphatic rings. The molecule has 18 heavy (non-hydrogen) atoms. The maximum Gasteiger partial charge on any atom is 0.241 e. The van der Waals surface area contributed by atoms with Crippen molar-refractivity contribution in [3.05, 3.63) is 16.3 Å². The van der Waals surface area contributed by atoms with Gasteiger partial charge < -0.3 is 14.6 Å². The highest BCUT2D eigenvalue weighted by Crippen LogP contribution is 2.19. The summed E-state index contributed by atoms with van der Waals surface area (Å²) in [6, 6.07) is 1.46. The SMILES string of the molecule is O=S(=O)(NCC1COCCO1)c1csc(CO)c1. The number of rotatable bonds is 5. The third-order valence-electron chi connectivity index (χ3n) is 2.48. The number of hydrogen-bond acceptors (Lipinski definition) is 6. The highest BCUT2D eigenvalue weighted by atomic mass is 32.2. The van der Waals surface area contributed by atoms with Gasteiger partial charge in [0.1, 0.15) is 0 Å². The quantitative estimate of drug-likeness (QED) is 0.794. The topological polar surface area (TPSA) is 84.9 Å². The molecule has 2 rings (SSSR count). The molecule has 8 heteroatoms. The molecule has 2 N–H and O–H groups in total. The fourth-order valence-corrected chi connectivity index (χ4v) is 3.72. The zero-order chi connectivity index (χ0) is 13.0. The molecule has 1 aromatic heterocycles. The molecule has 1 aliphatic heterocycles. The van der Waals surface area contributed by atoms with Crippen LogP contribution in [0.25, 0.3) is 0 Å². The zero-order valence-corrected chi connectivity index (χ0v) is 11.3. The van der Waals surface area contributed by atoms with Crippen LogP contribution in [-0.2, 0) is 26.1 Å². The monoisotopic (exact) mass is 293 g/mol. The van der Waals surface area contributed by atoms with Gasteiger partial charge >= 0.3 is 0 Å². The summed E-state index contributed by atoms with van der Waals surface area (Å²) in [5, 5.41) is 10.4. The first-order valence-electron chi connectivity index (χ1n) is 5.49. The number of aliphatic hydroxyl groups is 1. The number of hydrogen-bond donors (Lipinski definition) is 2. The van der Waals surface area contributed by atoms with E-state index in [1.165, 1.54) is 22.8 Å². The Hall–Kier alpha value is -0.510. The lowest BCUT2D eigenvalue weighted by molar-refractivity contribution is -0.0846. The molecule has 0 aliphatic carbocycles. The Balaban J connectivity index is 1.94. The molecule has 0 bridgehead atoms. The number of nitrogens with one attached hydrogen (secondary N) is 1. The minimum atomic E-state index is -3.54. The molecule has 2 heterocycles. The maximum atomic E-state index is 11.9. The zero-order valence-electron chi connectivity index (χ0n) is 9.66. The van der Waals surface area contributed by atoms with E-state index in [0.717, 1.165) is 0 Å². The third kappa shape index (κ3) is 3.50. The van der Waals surface area contributed by atoms with Crippen molar-refractivity contribution in [3.8, 4) is 0 Å². The first-order chi connectivity index (χ1) is 8.62. The molecule has 1 aromatic rings. The molecule has 0 aromatic carbocycles. The molecular weight excluding hydrogens is 278 g/mol. The van der Waals surface area contributed by atoms with E-state index in [0.29, 0.717) is 24.7 Å². The van der Waals surface area contributed by atoms with E-state index in [2.05, 4.69) is 4.72 Å². The van der Waals surface area contributed by atoms with Crippen LogP contribution in [0.1, 0.15) is 4.88 Å². The summed E-state index contributed by atoms with van der Waals surface area (Å²) in [6.07, 6.45) is -0.246. The van der Waals surface area contributed by atoms with Gasteiger partial charge in [0, 0.05) is 16.8 Å². The molecule has 0 radical (unpaired) electrons.